The molecule has 1 saturated heterocycles. The van der Waals surface area contributed by atoms with Gasteiger partial charge < -0.3 is 4.57 Å². The van der Waals surface area contributed by atoms with Crippen LogP contribution in [-0.2, 0) is 18.0 Å². The second-order valence-electron chi connectivity index (χ2n) is 9.57. The molecule has 8 nitrogen and oxygen atoms in total. The molecule has 3 heterocycles. The third-order valence-electron chi connectivity index (χ3n) is 6.50. The van der Waals surface area contributed by atoms with Gasteiger partial charge in [0.1, 0.15) is 12.1 Å². The number of nitrogens with zero attached hydrogens (tertiary/aromatic N) is 7. The van der Waals surface area contributed by atoms with Gasteiger partial charge in [0.25, 0.3) is 0 Å². The Morgan fingerprint density at radius 1 is 1.17 bits per heavy atom. The molecule has 0 bridgehead atoms. The molecule has 0 N–H and O–H groups in total. The maximum atomic E-state index is 13.4. The van der Waals surface area contributed by atoms with Crippen molar-refractivity contribution in [3.8, 4) is 5.69 Å². The summed E-state index contributed by atoms with van der Waals surface area (Å²) < 4.78 is 32.3. The topological polar surface area (TPSA) is 72.1 Å². The summed E-state index contributed by atoms with van der Waals surface area (Å²) in [5.74, 6) is 0.244. The first kappa shape index (κ1) is 23.8. The Labute approximate surface area is 206 Å². The van der Waals surface area contributed by atoms with Crippen LogP contribution in [0.2, 0.25) is 0 Å². The van der Waals surface area contributed by atoms with Gasteiger partial charge >= 0.3 is 0 Å². The van der Waals surface area contributed by atoms with Crippen molar-refractivity contribution < 1.29 is 8.60 Å². The zero-order valence-electron chi connectivity index (χ0n) is 20.4. The quantitative estimate of drug-likeness (QED) is 0.408. The van der Waals surface area contributed by atoms with Crippen molar-refractivity contribution in [3.63, 3.8) is 0 Å². The molecular formula is C25H30FN7OS. The van der Waals surface area contributed by atoms with Crippen LogP contribution in [-0.4, -0.2) is 64.1 Å². The molecule has 0 spiro atoms. The van der Waals surface area contributed by atoms with E-state index in [1.807, 2.05) is 22.2 Å². The highest BCUT2D eigenvalue weighted by Crippen LogP contribution is 2.33. The lowest BCUT2D eigenvalue weighted by Gasteiger charge is -2.42. The van der Waals surface area contributed by atoms with Crippen LogP contribution >= 0.6 is 0 Å². The first-order chi connectivity index (χ1) is 16.8. The minimum atomic E-state index is -1.38. The first-order valence-electron chi connectivity index (χ1n) is 11.8. The number of aromatic nitrogens is 5. The van der Waals surface area contributed by atoms with E-state index in [1.54, 1.807) is 23.0 Å². The number of halogens is 1. The molecule has 184 valence electrons. The molecule has 2 aromatic carbocycles. The summed E-state index contributed by atoms with van der Waals surface area (Å²) in [4.78, 5) is 2.49. The summed E-state index contributed by atoms with van der Waals surface area (Å²) in [7, 11) is 0.436. The molecule has 1 aliphatic heterocycles. The normalized spacial score (nSPS) is 18.5. The molecule has 1 fully saturated rings. The van der Waals surface area contributed by atoms with Gasteiger partial charge in [-0.2, -0.15) is 5.10 Å². The van der Waals surface area contributed by atoms with Gasteiger partial charge in [-0.1, -0.05) is 13.8 Å². The van der Waals surface area contributed by atoms with Crippen molar-refractivity contribution in [2.75, 3.05) is 26.2 Å². The van der Waals surface area contributed by atoms with E-state index in [0.717, 1.165) is 35.2 Å². The predicted molar refractivity (Wildman–Crippen MR) is 134 cm³/mol. The molecule has 1 aliphatic rings. The van der Waals surface area contributed by atoms with Crippen molar-refractivity contribution in [2.24, 2.45) is 13.0 Å². The van der Waals surface area contributed by atoms with Crippen molar-refractivity contribution in [1.82, 2.24) is 33.8 Å². The van der Waals surface area contributed by atoms with E-state index in [0.29, 0.717) is 24.2 Å². The minimum absolute atomic E-state index is 0.0851. The smallest absolute Gasteiger partial charge is 0.236 e. The highest BCUT2D eigenvalue weighted by atomic mass is 32.2. The van der Waals surface area contributed by atoms with Crippen LogP contribution in [0.3, 0.4) is 0 Å². The average Bonchev–Trinajstić information content (AvgIpc) is 3.44. The van der Waals surface area contributed by atoms with Crippen LogP contribution in [0.5, 0.6) is 0 Å². The number of rotatable bonds is 6. The number of piperazine rings is 1. The molecule has 10 heteroatoms. The van der Waals surface area contributed by atoms with Gasteiger partial charge in [0.15, 0.2) is 11.0 Å². The van der Waals surface area contributed by atoms with E-state index >= 15 is 0 Å². The molecule has 4 aromatic rings. The van der Waals surface area contributed by atoms with Crippen LogP contribution in [0.15, 0.2) is 54.1 Å². The van der Waals surface area contributed by atoms with Gasteiger partial charge in [-0.3, -0.25) is 4.90 Å². The number of fused-ring (bicyclic) bond motifs is 1. The molecule has 35 heavy (non-hydrogen) atoms. The Kier molecular flexibility index (Phi) is 6.52. The number of hydrogen-bond donors (Lipinski definition) is 0. The summed E-state index contributed by atoms with van der Waals surface area (Å²) in [6.07, 6.45) is 3.43. The third-order valence-corrected chi connectivity index (χ3v) is 7.98. The van der Waals surface area contributed by atoms with Crippen LogP contribution in [0, 0.1) is 18.7 Å². The van der Waals surface area contributed by atoms with Crippen LogP contribution in [0.4, 0.5) is 4.39 Å². The van der Waals surface area contributed by atoms with E-state index in [2.05, 4.69) is 53.1 Å². The number of benzene rings is 2. The van der Waals surface area contributed by atoms with Gasteiger partial charge in [-0.25, -0.2) is 17.6 Å². The Morgan fingerprint density at radius 2 is 1.94 bits per heavy atom. The van der Waals surface area contributed by atoms with Crippen molar-refractivity contribution in [3.05, 3.63) is 65.9 Å². The summed E-state index contributed by atoms with van der Waals surface area (Å²) in [6.45, 7) is 9.67. The van der Waals surface area contributed by atoms with Crippen LogP contribution < -0.4 is 0 Å². The summed E-state index contributed by atoms with van der Waals surface area (Å²) >= 11 is 0. The fourth-order valence-corrected chi connectivity index (χ4v) is 5.98. The molecule has 0 saturated carbocycles. The Bertz CT molecular complexity index is 1360. The maximum absolute atomic E-state index is 13.4. The molecule has 5 rings (SSSR count). The average molecular weight is 496 g/mol. The van der Waals surface area contributed by atoms with Crippen molar-refractivity contribution in [2.45, 2.75) is 32.0 Å². The lowest BCUT2D eigenvalue weighted by atomic mass is 9.96. The molecule has 2 aromatic heterocycles. The zero-order chi connectivity index (χ0) is 24.7. The zero-order valence-corrected chi connectivity index (χ0v) is 21.2. The third kappa shape index (κ3) is 4.65. The molecule has 0 aliphatic carbocycles. The minimum Gasteiger partial charge on any atom is -0.309 e. The van der Waals surface area contributed by atoms with Crippen LogP contribution in [0.1, 0.15) is 31.0 Å². The van der Waals surface area contributed by atoms with Crippen LogP contribution in [0.25, 0.3) is 16.6 Å². The SMILES string of the molecule is Cc1cc2c(cnn2-c2ccc(F)cc2)cc1C1CN(S(=O)c2nncn2C)CCN1CC(C)C. The lowest BCUT2D eigenvalue weighted by molar-refractivity contribution is 0.107. The number of aryl methyl sites for hydroxylation is 2. The Morgan fingerprint density at radius 3 is 2.63 bits per heavy atom. The molecule has 0 radical (unpaired) electrons. The van der Waals surface area contributed by atoms with Gasteiger partial charge in [0, 0.05) is 44.7 Å². The standard InChI is InChI=1S/C25H30FN7OS/c1-17(2)14-31-9-10-32(35(34)25-29-27-16-30(25)4)15-24(31)22-12-19-13-28-33(23(19)11-18(22)3)21-7-5-20(26)6-8-21/h5-8,11-13,16-17,24H,9-10,14-15H2,1-4H3. The lowest BCUT2D eigenvalue weighted by Crippen LogP contribution is -2.50. The van der Waals surface area contributed by atoms with Gasteiger partial charge in [-0.05, 0) is 60.4 Å². The monoisotopic (exact) mass is 495 g/mol. The first-order valence-corrected chi connectivity index (χ1v) is 12.9. The highest BCUT2D eigenvalue weighted by molar-refractivity contribution is 7.82. The molecule has 2 unspecified atom stereocenters. The maximum Gasteiger partial charge on any atom is 0.236 e. The van der Waals surface area contributed by atoms with E-state index in [9.17, 15) is 8.60 Å². The summed E-state index contributed by atoms with van der Waals surface area (Å²) in [5, 5.41) is 14.0. The van der Waals surface area contributed by atoms with Crippen molar-refractivity contribution in [1.29, 1.82) is 0 Å². The van der Waals surface area contributed by atoms with Crippen molar-refractivity contribution >= 4 is 21.9 Å². The number of hydrogen-bond acceptors (Lipinski definition) is 5. The molecule has 2 atom stereocenters. The van der Waals surface area contributed by atoms with E-state index in [4.69, 9.17) is 0 Å². The fourth-order valence-electron chi connectivity index (χ4n) is 4.82. The second-order valence-corrected chi connectivity index (χ2v) is 10.9. The van der Waals surface area contributed by atoms with E-state index < -0.39 is 11.0 Å². The second kappa shape index (κ2) is 9.60. The highest BCUT2D eigenvalue weighted by Gasteiger charge is 2.33. The van der Waals surface area contributed by atoms with Gasteiger partial charge in [-0.15, -0.1) is 10.2 Å². The summed E-state index contributed by atoms with van der Waals surface area (Å²) in [6, 6.07) is 10.8. The van der Waals surface area contributed by atoms with E-state index in [1.165, 1.54) is 17.7 Å². The molecular weight excluding hydrogens is 465 g/mol. The largest absolute Gasteiger partial charge is 0.309 e. The van der Waals surface area contributed by atoms with E-state index in [-0.39, 0.29) is 11.9 Å². The Balaban J connectivity index is 1.51. The summed E-state index contributed by atoms with van der Waals surface area (Å²) in [5.41, 5.74) is 4.14. The Hall–Kier alpha value is -2.95. The van der Waals surface area contributed by atoms with Gasteiger partial charge in [0.05, 0.1) is 17.4 Å². The molecule has 0 amide bonds. The fraction of sp³-hybridized carbons (Fsp3) is 0.400. The predicted octanol–water partition coefficient (Wildman–Crippen LogP) is 3.64. The van der Waals surface area contributed by atoms with Gasteiger partial charge in [0.2, 0.25) is 5.16 Å².